The second-order valence-corrected chi connectivity index (χ2v) is 10.1. The second kappa shape index (κ2) is 4.71. The molecule has 0 heterocycles. The van der Waals surface area contributed by atoms with Crippen LogP contribution >= 0.6 is 0 Å². The quantitative estimate of drug-likeness (QED) is 0.594. The lowest BCUT2D eigenvalue weighted by Crippen LogP contribution is -2.52. The first-order valence-electron chi connectivity index (χ1n) is 9.32. The molecule has 0 spiro atoms. The van der Waals surface area contributed by atoms with Gasteiger partial charge in [-0.2, -0.15) is 0 Å². The van der Waals surface area contributed by atoms with Gasteiger partial charge in [-0.25, -0.2) is 0 Å². The predicted molar refractivity (Wildman–Crippen MR) is 97.7 cm³/mol. The fourth-order valence-electron chi connectivity index (χ4n) is 5.64. The molecule has 0 aromatic carbocycles. The summed E-state index contributed by atoms with van der Waals surface area (Å²) in [4.78, 5) is 26.0. The van der Waals surface area contributed by atoms with Crippen molar-refractivity contribution in [1.82, 2.24) is 0 Å². The molecule has 2 nitrogen and oxygen atoms in total. The zero-order chi connectivity index (χ0) is 18.3. The molecule has 0 bridgehead atoms. The van der Waals surface area contributed by atoms with Crippen LogP contribution in [0.2, 0.25) is 0 Å². The molecule has 0 radical (unpaired) electrons. The van der Waals surface area contributed by atoms with Crippen LogP contribution in [0, 0.1) is 21.7 Å². The first-order valence-corrected chi connectivity index (χ1v) is 9.32. The largest absolute Gasteiger partial charge is 0.294 e. The number of carbonyl (C=O) groups excluding carboxylic acids is 2. The topological polar surface area (TPSA) is 34.1 Å². The first kappa shape index (κ1) is 17.6. The van der Waals surface area contributed by atoms with Gasteiger partial charge in [-0.05, 0) is 61.8 Å². The van der Waals surface area contributed by atoms with E-state index in [4.69, 9.17) is 0 Å². The summed E-state index contributed by atoms with van der Waals surface area (Å²) in [5.74, 6) is 0.527. The van der Waals surface area contributed by atoms with Crippen LogP contribution in [0.5, 0.6) is 0 Å². The lowest BCUT2D eigenvalue weighted by Gasteiger charge is -2.61. The van der Waals surface area contributed by atoms with E-state index in [1.165, 1.54) is 11.1 Å². The minimum absolute atomic E-state index is 0.0117. The molecule has 0 amide bonds. The Hall–Kier alpha value is -1.18. The van der Waals surface area contributed by atoms with Crippen molar-refractivity contribution < 1.29 is 9.59 Å². The summed E-state index contributed by atoms with van der Waals surface area (Å²) in [5.41, 5.74) is 3.62. The van der Waals surface area contributed by atoms with E-state index >= 15 is 0 Å². The Balaban J connectivity index is 2.29. The Morgan fingerprint density at radius 2 is 0.875 bits per heavy atom. The van der Waals surface area contributed by atoms with Gasteiger partial charge < -0.3 is 0 Å². The van der Waals surface area contributed by atoms with Crippen LogP contribution < -0.4 is 0 Å². The van der Waals surface area contributed by atoms with Crippen LogP contribution in [0.4, 0.5) is 0 Å². The summed E-state index contributed by atoms with van der Waals surface area (Å²) >= 11 is 0. The van der Waals surface area contributed by atoms with Gasteiger partial charge in [0.05, 0.1) is 0 Å². The molecule has 0 saturated heterocycles. The lowest BCUT2D eigenvalue weighted by atomic mass is 9.42. The average molecular weight is 328 g/mol. The van der Waals surface area contributed by atoms with Crippen LogP contribution in [-0.4, -0.2) is 11.6 Å². The van der Waals surface area contributed by atoms with E-state index in [9.17, 15) is 9.59 Å². The van der Waals surface area contributed by atoms with Crippen molar-refractivity contribution in [2.45, 2.75) is 81.1 Å². The Bertz CT molecular complexity index is 654. The lowest BCUT2D eigenvalue weighted by molar-refractivity contribution is -0.124. The van der Waals surface area contributed by atoms with E-state index < -0.39 is 0 Å². The molecule has 1 saturated carbocycles. The van der Waals surface area contributed by atoms with E-state index in [2.05, 4.69) is 41.5 Å². The molecule has 0 aliphatic heterocycles. The molecule has 3 rings (SSSR count). The molecule has 24 heavy (non-hydrogen) atoms. The summed E-state index contributed by atoms with van der Waals surface area (Å²) < 4.78 is 0. The third-order valence-corrected chi connectivity index (χ3v) is 7.73. The van der Waals surface area contributed by atoms with Gasteiger partial charge in [-0.3, -0.25) is 9.59 Å². The highest BCUT2D eigenvalue weighted by Crippen LogP contribution is 2.72. The number of carbonyl (C=O) groups is 2. The van der Waals surface area contributed by atoms with Gasteiger partial charge in [0, 0.05) is 21.7 Å². The van der Waals surface area contributed by atoms with Crippen molar-refractivity contribution in [3.8, 4) is 0 Å². The zero-order valence-electron chi connectivity index (χ0n) is 16.6. The molecular formula is C22H32O2. The number of fused-ring (bicyclic) bond motifs is 4. The third kappa shape index (κ3) is 1.89. The van der Waals surface area contributed by atoms with E-state index in [1.807, 2.05) is 13.8 Å². The summed E-state index contributed by atoms with van der Waals surface area (Å²) in [5, 5.41) is 0. The van der Waals surface area contributed by atoms with Crippen LogP contribution in [-0.2, 0) is 9.59 Å². The van der Waals surface area contributed by atoms with Crippen molar-refractivity contribution in [2.24, 2.45) is 21.7 Å². The van der Waals surface area contributed by atoms with Gasteiger partial charge >= 0.3 is 0 Å². The maximum absolute atomic E-state index is 13.0. The maximum atomic E-state index is 13.0. The van der Waals surface area contributed by atoms with Crippen molar-refractivity contribution in [1.29, 1.82) is 0 Å². The highest BCUT2D eigenvalue weighted by molar-refractivity contribution is 6.05. The predicted octanol–water partition coefficient (Wildman–Crippen LogP) is 5.42. The molecule has 0 N–H and O–H groups in total. The highest BCUT2D eigenvalue weighted by atomic mass is 16.1. The van der Waals surface area contributed by atoms with Crippen molar-refractivity contribution >= 4 is 11.6 Å². The summed E-state index contributed by atoms with van der Waals surface area (Å²) in [6.45, 7) is 16.9. The number of hydrogen-bond donors (Lipinski definition) is 0. The number of hydrogen-bond acceptors (Lipinski definition) is 2. The molecule has 0 unspecified atom stereocenters. The van der Waals surface area contributed by atoms with Gasteiger partial charge in [0.25, 0.3) is 0 Å². The molecule has 132 valence electrons. The van der Waals surface area contributed by atoms with E-state index in [0.29, 0.717) is 0 Å². The van der Waals surface area contributed by atoms with E-state index in [1.54, 1.807) is 0 Å². The summed E-state index contributed by atoms with van der Waals surface area (Å²) in [7, 11) is 0. The highest BCUT2D eigenvalue weighted by Gasteiger charge is 2.64. The fraction of sp³-hybridized carbons (Fsp3) is 0.727. The normalized spacial score (nSPS) is 38.2. The SMILES string of the molecule is CC1=C2C3=C(C)C(=O)C(C)(C)CC[C@@]3(C)[C@]2(C)CCC(C)(C)C1=O. The van der Waals surface area contributed by atoms with Gasteiger partial charge in [0.1, 0.15) is 0 Å². The van der Waals surface area contributed by atoms with Crippen molar-refractivity contribution in [3.63, 3.8) is 0 Å². The van der Waals surface area contributed by atoms with Gasteiger partial charge in [0.15, 0.2) is 11.6 Å². The second-order valence-electron chi connectivity index (χ2n) is 10.1. The van der Waals surface area contributed by atoms with Gasteiger partial charge in [-0.15, -0.1) is 0 Å². The Morgan fingerprint density at radius 1 is 0.583 bits per heavy atom. The van der Waals surface area contributed by atoms with Crippen molar-refractivity contribution in [3.05, 3.63) is 22.3 Å². The smallest absolute Gasteiger partial charge is 0.164 e. The van der Waals surface area contributed by atoms with Gasteiger partial charge in [0.2, 0.25) is 0 Å². The molecule has 3 aliphatic rings. The minimum atomic E-state index is -0.301. The van der Waals surface area contributed by atoms with Crippen LogP contribution in [0.1, 0.15) is 81.1 Å². The standard InChI is InChI=1S/C22H32O2/c1-13-15-16-14(2)18(24)20(5,6)10-12-22(16,8)21(15,7)11-9-19(3,4)17(13)23/h9-12H2,1-8H3/t21-,22-/m1/s1. The van der Waals surface area contributed by atoms with Crippen LogP contribution in [0.25, 0.3) is 0 Å². The zero-order valence-corrected chi connectivity index (χ0v) is 16.6. The molecule has 1 fully saturated rings. The minimum Gasteiger partial charge on any atom is -0.294 e. The first-order chi connectivity index (χ1) is 10.8. The number of allylic oxidation sites excluding steroid dienone is 4. The molecule has 2 atom stereocenters. The molecule has 0 aromatic rings. The third-order valence-electron chi connectivity index (χ3n) is 7.73. The van der Waals surface area contributed by atoms with E-state index in [-0.39, 0.29) is 33.2 Å². The van der Waals surface area contributed by atoms with Crippen LogP contribution in [0.3, 0.4) is 0 Å². The van der Waals surface area contributed by atoms with Crippen molar-refractivity contribution in [2.75, 3.05) is 0 Å². The number of rotatable bonds is 0. The maximum Gasteiger partial charge on any atom is 0.164 e. The fourth-order valence-corrected chi connectivity index (χ4v) is 5.64. The number of Topliss-reactive ketones (excluding diaryl/α,β-unsaturated/α-hetero) is 2. The Morgan fingerprint density at radius 3 is 1.17 bits per heavy atom. The average Bonchev–Trinajstić information content (AvgIpc) is 2.60. The molecule has 3 aliphatic carbocycles. The van der Waals surface area contributed by atoms with Crippen LogP contribution in [0.15, 0.2) is 22.3 Å². The van der Waals surface area contributed by atoms with Gasteiger partial charge in [-0.1, -0.05) is 41.5 Å². The molecule has 0 aromatic heterocycles. The van der Waals surface area contributed by atoms with E-state index in [0.717, 1.165) is 36.8 Å². The Kier molecular flexibility index (Phi) is 3.46. The Labute approximate surface area is 146 Å². The number of ketones is 2. The summed E-state index contributed by atoms with van der Waals surface area (Å²) in [6.07, 6.45) is 3.89. The molecular weight excluding hydrogens is 296 g/mol. The molecule has 2 heteroatoms. The monoisotopic (exact) mass is 328 g/mol. The summed E-state index contributed by atoms with van der Waals surface area (Å²) in [6, 6.07) is 0.